The van der Waals surface area contributed by atoms with Gasteiger partial charge in [0.15, 0.2) is 0 Å². The van der Waals surface area contributed by atoms with Gasteiger partial charge in [-0.1, -0.05) is 35.9 Å². The van der Waals surface area contributed by atoms with E-state index < -0.39 is 17.5 Å². The van der Waals surface area contributed by atoms with E-state index in [1.807, 2.05) is 6.07 Å². The molecule has 8 heteroatoms. The minimum absolute atomic E-state index is 0.0302. The van der Waals surface area contributed by atoms with E-state index in [4.69, 9.17) is 11.6 Å². The Kier molecular flexibility index (Phi) is 4.81. The van der Waals surface area contributed by atoms with Gasteiger partial charge in [0, 0.05) is 5.69 Å². The first kappa shape index (κ1) is 17.8. The molecule has 1 aliphatic heterocycles. The highest BCUT2D eigenvalue weighted by atomic mass is 35.5. The second-order valence-corrected chi connectivity index (χ2v) is 6.40. The van der Waals surface area contributed by atoms with Gasteiger partial charge in [0.2, 0.25) is 5.91 Å². The maximum absolute atomic E-state index is 12.2. The van der Waals surface area contributed by atoms with Crippen LogP contribution in [0.4, 0.5) is 16.2 Å². The van der Waals surface area contributed by atoms with Crippen LogP contribution in [0, 0.1) is 0 Å². The number of para-hydroxylation sites is 1. The Bertz CT molecular complexity index is 886. The van der Waals surface area contributed by atoms with Crippen LogP contribution in [0.2, 0.25) is 5.02 Å². The van der Waals surface area contributed by atoms with Crippen molar-refractivity contribution in [1.82, 2.24) is 10.6 Å². The van der Waals surface area contributed by atoms with Crippen molar-refractivity contribution in [3.8, 4) is 0 Å². The van der Waals surface area contributed by atoms with Crippen LogP contribution in [0.1, 0.15) is 12.5 Å². The molecular weight excluding hydrogens is 356 g/mol. The van der Waals surface area contributed by atoms with E-state index in [1.54, 1.807) is 49.4 Å². The molecule has 1 heterocycles. The molecular formula is C18H17ClN4O3. The fraction of sp³-hybridized carbons (Fsp3) is 0.167. The van der Waals surface area contributed by atoms with Crippen molar-refractivity contribution in [3.63, 3.8) is 0 Å². The number of benzene rings is 2. The van der Waals surface area contributed by atoms with Gasteiger partial charge in [0.05, 0.1) is 17.3 Å². The number of carbonyl (C=O) groups is 3. The molecule has 1 unspecified atom stereocenters. The number of rotatable bonds is 5. The predicted molar refractivity (Wildman–Crippen MR) is 99.0 cm³/mol. The largest absolute Gasteiger partial charge is 0.375 e. The molecule has 134 valence electrons. The maximum atomic E-state index is 12.2. The van der Waals surface area contributed by atoms with Crippen LogP contribution in [0.25, 0.3) is 0 Å². The summed E-state index contributed by atoms with van der Waals surface area (Å²) in [5.74, 6) is -0.710. The van der Waals surface area contributed by atoms with E-state index in [0.717, 1.165) is 0 Å². The number of nitrogens with one attached hydrogen (secondary N) is 4. The van der Waals surface area contributed by atoms with Crippen LogP contribution in [0.5, 0.6) is 0 Å². The quantitative estimate of drug-likeness (QED) is 0.606. The lowest BCUT2D eigenvalue weighted by Gasteiger charge is -2.21. The van der Waals surface area contributed by atoms with Crippen molar-refractivity contribution in [1.29, 1.82) is 0 Å². The zero-order valence-electron chi connectivity index (χ0n) is 13.9. The molecule has 0 aliphatic carbocycles. The SMILES string of the molecule is CC1(c2cccc(NC(=O)CNc3ccccc3Cl)c2)NC(=O)NC1=O. The molecule has 0 radical (unpaired) electrons. The molecule has 0 aromatic heterocycles. The number of carbonyl (C=O) groups excluding carboxylic acids is 3. The van der Waals surface area contributed by atoms with Crippen LogP contribution >= 0.6 is 11.6 Å². The summed E-state index contributed by atoms with van der Waals surface area (Å²) in [5, 5.41) is 11.0. The van der Waals surface area contributed by atoms with E-state index in [9.17, 15) is 14.4 Å². The first-order valence-corrected chi connectivity index (χ1v) is 8.29. The smallest absolute Gasteiger partial charge is 0.322 e. The lowest BCUT2D eigenvalue weighted by molar-refractivity contribution is -0.123. The molecule has 1 aliphatic rings. The highest BCUT2D eigenvalue weighted by molar-refractivity contribution is 6.33. The number of hydrogen-bond acceptors (Lipinski definition) is 4. The normalized spacial score (nSPS) is 18.8. The number of hydrogen-bond donors (Lipinski definition) is 4. The minimum atomic E-state index is -1.17. The van der Waals surface area contributed by atoms with Crippen molar-refractivity contribution in [2.45, 2.75) is 12.5 Å². The van der Waals surface area contributed by atoms with Crippen LogP contribution in [-0.4, -0.2) is 24.4 Å². The standard InChI is InChI=1S/C18H17ClN4O3/c1-18(16(25)22-17(26)23-18)11-5-4-6-12(9-11)21-15(24)10-20-14-8-3-2-7-13(14)19/h2-9,20H,10H2,1H3,(H,21,24)(H2,22,23,25,26). The molecule has 4 amide bonds. The molecule has 1 fully saturated rings. The van der Waals surface area contributed by atoms with E-state index >= 15 is 0 Å². The second-order valence-electron chi connectivity index (χ2n) is 6.00. The summed E-state index contributed by atoms with van der Waals surface area (Å²) in [4.78, 5) is 35.6. The third kappa shape index (κ3) is 3.62. The van der Waals surface area contributed by atoms with Crippen LogP contribution < -0.4 is 21.3 Å². The summed E-state index contributed by atoms with van der Waals surface area (Å²) in [7, 11) is 0. The van der Waals surface area contributed by atoms with Crippen LogP contribution in [-0.2, 0) is 15.1 Å². The Hall–Kier alpha value is -3.06. The van der Waals surface area contributed by atoms with Gasteiger partial charge in [-0.3, -0.25) is 14.9 Å². The summed E-state index contributed by atoms with van der Waals surface area (Å²) < 4.78 is 0. The van der Waals surface area contributed by atoms with Crippen molar-refractivity contribution in [2.75, 3.05) is 17.2 Å². The molecule has 0 spiro atoms. The molecule has 2 aromatic carbocycles. The Labute approximate surface area is 155 Å². The lowest BCUT2D eigenvalue weighted by Crippen LogP contribution is -2.40. The molecule has 7 nitrogen and oxygen atoms in total. The first-order valence-electron chi connectivity index (χ1n) is 7.91. The molecule has 4 N–H and O–H groups in total. The summed E-state index contributed by atoms with van der Waals surface area (Å²) >= 11 is 6.04. The minimum Gasteiger partial charge on any atom is -0.375 e. The predicted octanol–water partition coefficient (Wildman–Crippen LogP) is 2.45. The van der Waals surface area contributed by atoms with Crippen molar-refractivity contribution in [2.24, 2.45) is 0 Å². The third-order valence-electron chi connectivity index (χ3n) is 4.08. The monoisotopic (exact) mass is 372 g/mol. The molecule has 26 heavy (non-hydrogen) atoms. The third-order valence-corrected chi connectivity index (χ3v) is 4.41. The van der Waals surface area contributed by atoms with Gasteiger partial charge < -0.3 is 16.0 Å². The van der Waals surface area contributed by atoms with Crippen molar-refractivity contribution < 1.29 is 14.4 Å². The molecule has 1 saturated heterocycles. The number of imide groups is 1. The van der Waals surface area contributed by atoms with Gasteiger partial charge in [-0.25, -0.2) is 4.79 Å². The Morgan fingerprint density at radius 1 is 1.15 bits per heavy atom. The zero-order chi connectivity index (χ0) is 18.7. The summed E-state index contributed by atoms with van der Waals surface area (Å²) in [6.07, 6.45) is 0. The zero-order valence-corrected chi connectivity index (χ0v) is 14.7. The van der Waals surface area contributed by atoms with Crippen molar-refractivity contribution in [3.05, 3.63) is 59.1 Å². The van der Waals surface area contributed by atoms with Gasteiger partial charge in [0.25, 0.3) is 5.91 Å². The lowest BCUT2D eigenvalue weighted by atomic mass is 9.92. The van der Waals surface area contributed by atoms with Crippen LogP contribution in [0.3, 0.4) is 0 Å². The van der Waals surface area contributed by atoms with Gasteiger partial charge in [0.1, 0.15) is 5.54 Å². The average molecular weight is 373 g/mol. The topological polar surface area (TPSA) is 99.3 Å². The van der Waals surface area contributed by atoms with Gasteiger partial charge in [-0.15, -0.1) is 0 Å². The molecule has 0 bridgehead atoms. The van der Waals surface area contributed by atoms with E-state index in [1.165, 1.54) is 0 Å². The Morgan fingerprint density at radius 2 is 1.92 bits per heavy atom. The molecule has 2 aromatic rings. The number of amides is 4. The first-order chi connectivity index (χ1) is 12.4. The van der Waals surface area contributed by atoms with E-state index in [0.29, 0.717) is 22.0 Å². The highest BCUT2D eigenvalue weighted by Crippen LogP contribution is 2.26. The molecule has 0 saturated carbocycles. The van der Waals surface area contributed by atoms with Gasteiger partial charge in [-0.2, -0.15) is 0 Å². The number of halogens is 1. The Morgan fingerprint density at radius 3 is 2.62 bits per heavy atom. The summed E-state index contributed by atoms with van der Waals surface area (Å²) in [6, 6.07) is 13.3. The summed E-state index contributed by atoms with van der Waals surface area (Å²) in [5.41, 5.74) is 0.574. The van der Waals surface area contributed by atoms with E-state index in [-0.39, 0.29) is 12.5 Å². The van der Waals surface area contributed by atoms with E-state index in [2.05, 4.69) is 21.3 Å². The number of urea groups is 1. The fourth-order valence-corrected chi connectivity index (χ4v) is 2.84. The van der Waals surface area contributed by atoms with Crippen molar-refractivity contribution >= 4 is 40.8 Å². The average Bonchev–Trinajstić information content (AvgIpc) is 2.87. The number of anilines is 2. The summed E-state index contributed by atoms with van der Waals surface area (Å²) in [6.45, 7) is 1.63. The Balaban J connectivity index is 1.67. The molecule has 3 rings (SSSR count). The highest BCUT2D eigenvalue weighted by Gasteiger charge is 2.43. The maximum Gasteiger partial charge on any atom is 0.322 e. The van der Waals surface area contributed by atoms with Crippen LogP contribution in [0.15, 0.2) is 48.5 Å². The fourth-order valence-electron chi connectivity index (χ4n) is 2.64. The van der Waals surface area contributed by atoms with Gasteiger partial charge in [-0.05, 0) is 36.8 Å². The van der Waals surface area contributed by atoms with Gasteiger partial charge >= 0.3 is 6.03 Å². The second kappa shape index (κ2) is 7.05. The molecule has 1 atom stereocenters.